The van der Waals surface area contributed by atoms with Crippen LogP contribution in [0.3, 0.4) is 0 Å². The van der Waals surface area contributed by atoms with Crippen LogP contribution in [0.5, 0.6) is 0 Å². The Morgan fingerprint density at radius 1 is 1.30 bits per heavy atom. The van der Waals surface area contributed by atoms with Crippen LogP contribution in [0.4, 0.5) is 5.69 Å². The first-order valence-corrected chi connectivity index (χ1v) is 6.80. The number of aromatic nitrogens is 1. The topological polar surface area (TPSA) is 79.2 Å². The fourth-order valence-corrected chi connectivity index (χ4v) is 2.95. The van der Waals surface area contributed by atoms with Crippen LogP contribution in [-0.4, -0.2) is 24.0 Å². The van der Waals surface area contributed by atoms with E-state index in [0.29, 0.717) is 16.6 Å². The summed E-state index contributed by atoms with van der Waals surface area (Å²) in [6.45, 7) is 3.57. The van der Waals surface area contributed by atoms with Crippen LogP contribution in [0, 0.1) is 6.92 Å². The molecule has 5 heteroatoms. The summed E-state index contributed by atoms with van der Waals surface area (Å²) < 4.78 is 0. The summed E-state index contributed by atoms with van der Waals surface area (Å²) in [5.41, 5.74) is 7.62. The maximum atomic E-state index is 11.9. The normalized spacial score (nSPS) is 14.9. The molecule has 0 radical (unpaired) electrons. The molecule has 0 saturated carbocycles. The Morgan fingerprint density at radius 3 is 2.65 bits per heavy atom. The van der Waals surface area contributed by atoms with Crippen molar-refractivity contribution in [1.29, 1.82) is 0 Å². The molecule has 5 nitrogen and oxygen atoms in total. The van der Waals surface area contributed by atoms with Crippen LogP contribution in [0.15, 0.2) is 23.0 Å². The van der Waals surface area contributed by atoms with Gasteiger partial charge in [-0.25, -0.2) is 0 Å². The molecule has 3 N–H and O–H groups in total. The number of benzene rings is 1. The SMILES string of the molecule is Cc1c(C(N)=O)c2c(N3CCCC3)cccc2[nH]c1=O. The number of aromatic amines is 1. The van der Waals surface area contributed by atoms with Gasteiger partial charge in [-0.05, 0) is 31.9 Å². The van der Waals surface area contributed by atoms with E-state index in [0.717, 1.165) is 37.0 Å². The average Bonchev–Trinajstić information content (AvgIpc) is 2.93. The minimum atomic E-state index is -0.551. The van der Waals surface area contributed by atoms with E-state index in [1.807, 2.05) is 18.2 Å². The lowest BCUT2D eigenvalue weighted by Crippen LogP contribution is -2.24. The molecule has 1 aliphatic rings. The van der Waals surface area contributed by atoms with E-state index in [2.05, 4.69) is 9.88 Å². The molecule has 20 heavy (non-hydrogen) atoms. The second-order valence-corrected chi connectivity index (χ2v) is 5.21. The summed E-state index contributed by atoms with van der Waals surface area (Å²) in [4.78, 5) is 28.8. The number of hydrogen-bond acceptors (Lipinski definition) is 3. The van der Waals surface area contributed by atoms with Crippen molar-refractivity contribution in [1.82, 2.24) is 4.98 Å². The Bertz CT molecular complexity index is 743. The third kappa shape index (κ3) is 1.86. The minimum Gasteiger partial charge on any atom is -0.371 e. The highest BCUT2D eigenvalue weighted by molar-refractivity contribution is 6.11. The van der Waals surface area contributed by atoms with Crippen molar-refractivity contribution in [3.63, 3.8) is 0 Å². The number of H-pyrrole nitrogens is 1. The number of fused-ring (bicyclic) bond motifs is 1. The van der Waals surface area contributed by atoms with Gasteiger partial charge in [-0.2, -0.15) is 0 Å². The van der Waals surface area contributed by atoms with Crippen LogP contribution in [-0.2, 0) is 0 Å². The third-order valence-corrected chi connectivity index (χ3v) is 3.95. The maximum Gasteiger partial charge on any atom is 0.252 e. The highest BCUT2D eigenvalue weighted by Gasteiger charge is 2.21. The number of nitrogens with one attached hydrogen (secondary N) is 1. The number of primary amides is 1. The van der Waals surface area contributed by atoms with E-state index in [9.17, 15) is 9.59 Å². The number of carbonyl (C=O) groups excluding carboxylic acids is 1. The van der Waals surface area contributed by atoms with E-state index in [1.54, 1.807) is 6.92 Å². The molecule has 2 heterocycles. The molecule has 1 fully saturated rings. The van der Waals surface area contributed by atoms with E-state index < -0.39 is 5.91 Å². The predicted octanol–water partition coefficient (Wildman–Crippen LogP) is 1.54. The van der Waals surface area contributed by atoms with Crippen LogP contribution < -0.4 is 16.2 Å². The van der Waals surface area contributed by atoms with Crippen molar-refractivity contribution < 1.29 is 4.79 Å². The highest BCUT2D eigenvalue weighted by Crippen LogP contribution is 2.31. The third-order valence-electron chi connectivity index (χ3n) is 3.95. The largest absolute Gasteiger partial charge is 0.371 e. The van der Waals surface area contributed by atoms with E-state index >= 15 is 0 Å². The van der Waals surface area contributed by atoms with Gasteiger partial charge in [0.1, 0.15) is 0 Å². The summed E-state index contributed by atoms with van der Waals surface area (Å²) in [5.74, 6) is -0.551. The molecule has 0 aliphatic carbocycles. The molecule has 1 aliphatic heterocycles. The maximum absolute atomic E-state index is 11.9. The van der Waals surface area contributed by atoms with Gasteiger partial charge in [-0.3, -0.25) is 9.59 Å². The van der Waals surface area contributed by atoms with Gasteiger partial charge in [0.15, 0.2) is 0 Å². The Hall–Kier alpha value is -2.30. The lowest BCUT2D eigenvalue weighted by atomic mass is 10.0. The number of rotatable bonds is 2. The van der Waals surface area contributed by atoms with E-state index in [4.69, 9.17) is 5.73 Å². The fourth-order valence-electron chi connectivity index (χ4n) is 2.95. The number of hydrogen-bond donors (Lipinski definition) is 2. The van der Waals surface area contributed by atoms with Crippen molar-refractivity contribution in [2.75, 3.05) is 18.0 Å². The standard InChI is InChI=1S/C15H17N3O2/c1-9-12(14(16)19)13-10(17-15(9)20)5-4-6-11(13)18-7-2-3-8-18/h4-6H,2-3,7-8H2,1H3,(H2,16,19)(H,17,20). The molecule has 0 atom stereocenters. The molecule has 3 rings (SSSR count). The van der Waals surface area contributed by atoms with Gasteiger partial charge in [-0.1, -0.05) is 6.07 Å². The summed E-state index contributed by atoms with van der Waals surface area (Å²) in [5, 5.41) is 0.763. The molecule has 104 valence electrons. The summed E-state index contributed by atoms with van der Waals surface area (Å²) in [7, 11) is 0. The number of nitrogens with zero attached hydrogens (tertiary/aromatic N) is 1. The first-order chi connectivity index (χ1) is 9.59. The molecule has 2 aromatic rings. The number of pyridine rings is 1. The number of amides is 1. The fraction of sp³-hybridized carbons (Fsp3) is 0.333. The van der Waals surface area contributed by atoms with E-state index in [-0.39, 0.29) is 5.56 Å². The molecular formula is C15H17N3O2. The first-order valence-electron chi connectivity index (χ1n) is 6.80. The smallest absolute Gasteiger partial charge is 0.252 e. The lowest BCUT2D eigenvalue weighted by Gasteiger charge is -2.21. The second-order valence-electron chi connectivity index (χ2n) is 5.21. The van der Waals surface area contributed by atoms with Crippen LogP contribution in [0.25, 0.3) is 10.9 Å². The summed E-state index contributed by atoms with van der Waals surface area (Å²) >= 11 is 0. The molecule has 1 aromatic heterocycles. The predicted molar refractivity (Wildman–Crippen MR) is 79.3 cm³/mol. The quantitative estimate of drug-likeness (QED) is 0.869. The van der Waals surface area contributed by atoms with Gasteiger partial charge < -0.3 is 15.6 Å². The molecule has 1 amide bonds. The Labute approximate surface area is 116 Å². The molecule has 0 spiro atoms. The zero-order valence-electron chi connectivity index (χ0n) is 11.4. The first kappa shape index (κ1) is 12.7. The minimum absolute atomic E-state index is 0.259. The van der Waals surface area contributed by atoms with Crippen molar-refractivity contribution >= 4 is 22.5 Å². The van der Waals surface area contributed by atoms with E-state index in [1.165, 1.54) is 0 Å². The number of nitrogens with two attached hydrogens (primary N) is 1. The number of carbonyl (C=O) groups is 1. The van der Waals surface area contributed by atoms with Gasteiger partial charge in [-0.15, -0.1) is 0 Å². The van der Waals surface area contributed by atoms with Gasteiger partial charge >= 0.3 is 0 Å². The van der Waals surface area contributed by atoms with Crippen molar-refractivity contribution in [3.8, 4) is 0 Å². The van der Waals surface area contributed by atoms with Gasteiger partial charge in [0.05, 0.1) is 11.1 Å². The Balaban J connectivity index is 2.39. The summed E-state index contributed by atoms with van der Waals surface area (Å²) in [6.07, 6.45) is 2.29. The monoisotopic (exact) mass is 271 g/mol. The Morgan fingerprint density at radius 2 is 2.00 bits per heavy atom. The molecule has 0 bridgehead atoms. The van der Waals surface area contributed by atoms with Crippen LogP contribution in [0.2, 0.25) is 0 Å². The zero-order valence-corrected chi connectivity index (χ0v) is 11.4. The van der Waals surface area contributed by atoms with Gasteiger partial charge in [0.25, 0.3) is 5.56 Å². The molecule has 1 saturated heterocycles. The average molecular weight is 271 g/mol. The lowest BCUT2D eigenvalue weighted by molar-refractivity contribution is 0.100. The second kappa shape index (κ2) is 4.67. The molecule has 0 unspecified atom stereocenters. The van der Waals surface area contributed by atoms with Crippen molar-refractivity contribution in [2.45, 2.75) is 19.8 Å². The van der Waals surface area contributed by atoms with Crippen LogP contribution >= 0.6 is 0 Å². The number of anilines is 1. The molecule has 1 aromatic carbocycles. The Kier molecular flexibility index (Phi) is 2.97. The zero-order chi connectivity index (χ0) is 14.3. The van der Waals surface area contributed by atoms with Gasteiger partial charge in [0, 0.05) is 29.7 Å². The highest BCUT2D eigenvalue weighted by atomic mass is 16.1. The van der Waals surface area contributed by atoms with Gasteiger partial charge in [0.2, 0.25) is 5.91 Å². The molecular weight excluding hydrogens is 254 g/mol. The summed E-state index contributed by atoms with van der Waals surface area (Å²) in [6, 6.07) is 5.69. The van der Waals surface area contributed by atoms with Crippen molar-refractivity contribution in [2.24, 2.45) is 5.73 Å². The van der Waals surface area contributed by atoms with Crippen molar-refractivity contribution in [3.05, 3.63) is 39.7 Å². The van der Waals surface area contributed by atoms with Crippen LogP contribution in [0.1, 0.15) is 28.8 Å².